The molecular formula is C23H23N3O3. The van der Waals surface area contributed by atoms with E-state index in [0.717, 1.165) is 29.7 Å². The van der Waals surface area contributed by atoms with Crippen LogP contribution in [0.25, 0.3) is 11.3 Å². The molecule has 2 heterocycles. The highest BCUT2D eigenvalue weighted by molar-refractivity contribution is 5.94. The summed E-state index contributed by atoms with van der Waals surface area (Å²) < 4.78 is 1.65. The lowest BCUT2D eigenvalue weighted by molar-refractivity contribution is 0.0696. The molecule has 1 aromatic heterocycles. The minimum absolute atomic E-state index is 0.0102. The average molecular weight is 389 g/mol. The number of hydrogen-bond donors (Lipinski definition) is 1. The lowest BCUT2D eigenvalue weighted by atomic mass is 9.97. The average Bonchev–Trinajstić information content (AvgIpc) is 3.35. The third kappa shape index (κ3) is 4.06. The number of rotatable bonds is 5. The summed E-state index contributed by atoms with van der Waals surface area (Å²) in [5, 5.41) is 13.7. The zero-order chi connectivity index (χ0) is 20.4. The van der Waals surface area contributed by atoms with Gasteiger partial charge in [-0.3, -0.25) is 9.48 Å². The Bertz CT molecular complexity index is 1040. The number of aryl methyl sites for hydroxylation is 1. The van der Waals surface area contributed by atoms with Gasteiger partial charge in [0.15, 0.2) is 0 Å². The van der Waals surface area contributed by atoms with Gasteiger partial charge in [-0.25, -0.2) is 4.79 Å². The summed E-state index contributed by atoms with van der Waals surface area (Å²) >= 11 is 0. The monoisotopic (exact) mass is 389 g/mol. The van der Waals surface area contributed by atoms with E-state index in [0.29, 0.717) is 30.3 Å². The largest absolute Gasteiger partial charge is 0.478 e. The topological polar surface area (TPSA) is 75.4 Å². The number of nitrogens with zero attached hydrogens (tertiary/aromatic N) is 3. The molecule has 6 heteroatoms. The van der Waals surface area contributed by atoms with Crippen molar-refractivity contribution in [2.75, 3.05) is 13.1 Å². The number of carboxylic acids is 1. The first-order valence-electron chi connectivity index (χ1n) is 9.72. The number of benzene rings is 2. The van der Waals surface area contributed by atoms with Gasteiger partial charge in [-0.1, -0.05) is 42.5 Å². The molecule has 0 radical (unpaired) electrons. The van der Waals surface area contributed by atoms with Crippen LogP contribution in [-0.4, -0.2) is 44.8 Å². The number of carbonyl (C=O) groups excluding carboxylic acids is 1. The van der Waals surface area contributed by atoms with Crippen LogP contribution in [0.3, 0.4) is 0 Å². The van der Waals surface area contributed by atoms with Crippen molar-refractivity contribution in [1.29, 1.82) is 0 Å². The molecule has 1 aliphatic rings. The number of amides is 1. The van der Waals surface area contributed by atoms with E-state index in [1.54, 1.807) is 29.9 Å². The van der Waals surface area contributed by atoms with Crippen LogP contribution in [0.4, 0.5) is 0 Å². The molecule has 6 nitrogen and oxygen atoms in total. The summed E-state index contributed by atoms with van der Waals surface area (Å²) in [5.41, 5.74) is 3.66. The molecule has 4 rings (SSSR count). The third-order valence-electron chi connectivity index (χ3n) is 5.44. The maximum Gasteiger partial charge on any atom is 0.335 e. The quantitative estimate of drug-likeness (QED) is 0.725. The molecule has 3 aromatic rings. The van der Waals surface area contributed by atoms with Crippen LogP contribution >= 0.6 is 0 Å². The summed E-state index contributed by atoms with van der Waals surface area (Å²) in [6.07, 6.45) is 1.68. The zero-order valence-corrected chi connectivity index (χ0v) is 16.3. The van der Waals surface area contributed by atoms with Crippen molar-refractivity contribution in [3.63, 3.8) is 0 Å². The van der Waals surface area contributed by atoms with Crippen molar-refractivity contribution in [1.82, 2.24) is 14.7 Å². The molecule has 0 bridgehead atoms. The van der Waals surface area contributed by atoms with Crippen LogP contribution in [0.1, 0.15) is 32.8 Å². The first-order chi connectivity index (χ1) is 14.0. The first-order valence-corrected chi connectivity index (χ1v) is 9.72. The second-order valence-electron chi connectivity index (χ2n) is 7.52. The lowest BCUT2D eigenvalue weighted by Crippen LogP contribution is -2.30. The molecule has 1 amide bonds. The van der Waals surface area contributed by atoms with Crippen LogP contribution in [0.5, 0.6) is 0 Å². The minimum Gasteiger partial charge on any atom is -0.478 e. The zero-order valence-electron chi connectivity index (χ0n) is 16.3. The molecule has 148 valence electrons. The van der Waals surface area contributed by atoms with Gasteiger partial charge in [-0.2, -0.15) is 5.10 Å². The van der Waals surface area contributed by atoms with Gasteiger partial charge in [0.1, 0.15) is 5.69 Å². The van der Waals surface area contributed by atoms with E-state index in [1.165, 1.54) is 0 Å². The Morgan fingerprint density at radius 1 is 1.10 bits per heavy atom. The van der Waals surface area contributed by atoms with Crippen molar-refractivity contribution >= 4 is 11.9 Å². The predicted octanol–water partition coefficient (Wildman–Crippen LogP) is 3.49. The SMILES string of the molecule is Cn1nc(-c2ccccc2)cc1C(=O)N1CCC(Cc2cccc(C(=O)O)c2)C1. The summed E-state index contributed by atoms with van der Waals surface area (Å²) in [6, 6.07) is 18.7. The summed E-state index contributed by atoms with van der Waals surface area (Å²) in [4.78, 5) is 26.1. The van der Waals surface area contributed by atoms with Gasteiger partial charge >= 0.3 is 5.97 Å². The van der Waals surface area contributed by atoms with Crippen LogP contribution in [0.15, 0.2) is 60.7 Å². The van der Waals surface area contributed by atoms with Gasteiger partial charge < -0.3 is 10.0 Å². The van der Waals surface area contributed by atoms with E-state index in [9.17, 15) is 9.59 Å². The predicted molar refractivity (Wildman–Crippen MR) is 110 cm³/mol. The lowest BCUT2D eigenvalue weighted by Gasteiger charge is -2.16. The van der Waals surface area contributed by atoms with Crippen LogP contribution in [0.2, 0.25) is 0 Å². The molecular weight excluding hydrogens is 366 g/mol. The number of carbonyl (C=O) groups is 2. The Balaban J connectivity index is 1.44. The summed E-state index contributed by atoms with van der Waals surface area (Å²) in [5.74, 6) is -0.603. The Labute approximate surface area is 169 Å². The van der Waals surface area contributed by atoms with Gasteiger partial charge in [0.05, 0.1) is 11.3 Å². The van der Waals surface area contributed by atoms with Crippen molar-refractivity contribution < 1.29 is 14.7 Å². The van der Waals surface area contributed by atoms with Gasteiger partial charge in [-0.15, -0.1) is 0 Å². The summed E-state index contributed by atoms with van der Waals surface area (Å²) in [6.45, 7) is 1.37. The Morgan fingerprint density at radius 2 is 1.90 bits per heavy atom. The van der Waals surface area contributed by atoms with Gasteiger partial charge in [0, 0.05) is 25.7 Å². The minimum atomic E-state index is -0.916. The number of aromatic carboxylic acids is 1. The molecule has 29 heavy (non-hydrogen) atoms. The molecule has 1 fully saturated rings. The molecule has 2 aromatic carbocycles. The van der Waals surface area contributed by atoms with Gasteiger partial charge in [-0.05, 0) is 42.5 Å². The molecule has 0 spiro atoms. The summed E-state index contributed by atoms with van der Waals surface area (Å²) in [7, 11) is 1.80. The normalized spacial score (nSPS) is 16.2. The smallest absolute Gasteiger partial charge is 0.335 e. The van der Waals surface area contributed by atoms with Crippen molar-refractivity contribution in [2.24, 2.45) is 13.0 Å². The van der Waals surface area contributed by atoms with E-state index >= 15 is 0 Å². The van der Waals surface area contributed by atoms with Crippen LogP contribution in [0, 0.1) is 5.92 Å². The fraction of sp³-hybridized carbons (Fsp3) is 0.261. The van der Waals surface area contributed by atoms with E-state index in [2.05, 4.69) is 5.10 Å². The number of hydrogen-bond acceptors (Lipinski definition) is 3. The molecule has 1 saturated heterocycles. The van der Waals surface area contributed by atoms with Crippen molar-refractivity contribution in [3.8, 4) is 11.3 Å². The highest BCUT2D eigenvalue weighted by atomic mass is 16.4. The van der Waals surface area contributed by atoms with Gasteiger partial charge in [0.25, 0.3) is 5.91 Å². The standard InChI is InChI=1S/C23H23N3O3/c1-25-21(14-20(24-25)18-7-3-2-4-8-18)22(27)26-11-10-17(15-26)12-16-6-5-9-19(13-16)23(28)29/h2-9,13-14,17H,10-12,15H2,1H3,(H,28,29). The highest BCUT2D eigenvalue weighted by Crippen LogP contribution is 2.25. The molecule has 1 N–H and O–H groups in total. The molecule has 1 unspecified atom stereocenters. The van der Waals surface area contributed by atoms with Crippen molar-refractivity contribution in [3.05, 3.63) is 77.5 Å². The van der Waals surface area contributed by atoms with Gasteiger partial charge in [0.2, 0.25) is 0 Å². The van der Waals surface area contributed by atoms with E-state index in [4.69, 9.17) is 5.11 Å². The molecule has 1 atom stereocenters. The second kappa shape index (κ2) is 7.91. The fourth-order valence-electron chi connectivity index (χ4n) is 3.93. The van der Waals surface area contributed by atoms with E-state index in [1.807, 2.05) is 47.4 Å². The molecule has 0 aliphatic carbocycles. The maximum atomic E-state index is 13.0. The first kappa shape index (κ1) is 18.9. The highest BCUT2D eigenvalue weighted by Gasteiger charge is 2.29. The third-order valence-corrected chi connectivity index (χ3v) is 5.44. The number of carboxylic acid groups (broad SMARTS) is 1. The van der Waals surface area contributed by atoms with Crippen molar-refractivity contribution in [2.45, 2.75) is 12.8 Å². The van der Waals surface area contributed by atoms with E-state index < -0.39 is 5.97 Å². The maximum absolute atomic E-state index is 13.0. The Kier molecular flexibility index (Phi) is 5.16. The Morgan fingerprint density at radius 3 is 2.66 bits per heavy atom. The molecule has 0 saturated carbocycles. The van der Waals surface area contributed by atoms with E-state index in [-0.39, 0.29) is 5.91 Å². The van der Waals surface area contributed by atoms with Crippen LogP contribution < -0.4 is 0 Å². The number of aromatic nitrogens is 2. The second-order valence-corrected chi connectivity index (χ2v) is 7.52. The number of likely N-dealkylation sites (tertiary alicyclic amines) is 1. The fourth-order valence-corrected chi connectivity index (χ4v) is 3.93. The van der Waals surface area contributed by atoms with Crippen LogP contribution in [-0.2, 0) is 13.5 Å². The Hall–Kier alpha value is -3.41. The molecule has 1 aliphatic heterocycles.